The van der Waals surface area contributed by atoms with E-state index in [1.54, 1.807) is 0 Å². The van der Waals surface area contributed by atoms with Crippen LogP contribution in [0, 0.1) is 27.7 Å². The van der Waals surface area contributed by atoms with Crippen LogP contribution in [0.2, 0.25) is 0 Å². The molecule has 12 nitrogen and oxygen atoms in total. The monoisotopic (exact) mass is 1680 g/mol. The predicted octanol–water partition coefficient (Wildman–Crippen LogP) is 24.3. The molecule has 620 valence electrons. The first-order valence-corrected chi connectivity index (χ1v) is 45.8. The molecule has 0 aromatic heterocycles. The zero-order chi connectivity index (χ0) is 85.1. The number of hydrogen-bond donors (Lipinski definition) is 0. The van der Waals surface area contributed by atoms with Crippen LogP contribution >= 0.6 is 0 Å². The van der Waals surface area contributed by atoms with Crippen molar-refractivity contribution in [1.29, 1.82) is 0 Å². The molecule has 0 unspecified atom stereocenters. The fraction of sp³-hybridized carbons (Fsp3) is 0.269. The van der Waals surface area contributed by atoms with Gasteiger partial charge in [0.15, 0.2) is 85.2 Å². The number of aryl methyl sites for hydroxylation is 4. The number of rotatable bonds is 26. The highest BCUT2D eigenvalue weighted by atomic mass is 32.2. The van der Waals surface area contributed by atoms with E-state index in [0.717, 1.165) is 85.1 Å². The summed E-state index contributed by atoms with van der Waals surface area (Å²) in [4.78, 5) is 63.5. The summed E-state index contributed by atoms with van der Waals surface area (Å²) in [5.41, 5.74) is 2.42. The van der Waals surface area contributed by atoms with Gasteiger partial charge in [0.05, 0.1) is 43.6 Å². The average molecular weight is 1680 g/mol. The summed E-state index contributed by atoms with van der Waals surface area (Å²) >= 11 is 0. The Kier molecular flexibility index (Phi) is 32.5. The third-order valence-electron chi connectivity index (χ3n) is 19.6. The molecule has 2 aliphatic carbocycles. The lowest BCUT2D eigenvalue weighted by Gasteiger charge is -2.24. The maximum Gasteiger partial charge on any atom is 0.344 e. The molecule has 2 saturated carbocycles. The Morgan fingerprint density at radius 3 is 0.683 bits per heavy atom. The number of hydrogen-bond acceptors (Lipinski definition) is 12. The van der Waals surface area contributed by atoms with Crippen molar-refractivity contribution >= 4 is 67.5 Å². The van der Waals surface area contributed by atoms with E-state index in [1.165, 1.54) is 58.7 Å². The number of esters is 4. The lowest BCUT2D eigenvalue weighted by molar-refractivity contribution is -0.160. The molecule has 0 atom stereocenters. The number of carbonyl (C=O) groups is 4. The van der Waals surface area contributed by atoms with Crippen molar-refractivity contribution in [2.75, 3.05) is 26.4 Å². The second-order valence-corrected chi connectivity index (χ2v) is 40.1. The van der Waals surface area contributed by atoms with Crippen molar-refractivity contribution in [3.63, 3.8) is 0 Å². The fourth-order valence-electron chi connectivity index (χ4n) is 14.3. The molecule has 12 aromatic rings. The van der Waals surface area contributed by atoms with Crippen LogP contribution < -0.4 is 18.9 Å². The van der Waals surface area contributed by atoms with Gasteiger partial charge >= 0.3 is 23.9 Å². The van der Waals surface area contributed by atoms with E-state index in [9.17, 15) is 19.2 Å². The van der Waals surface area contributed by atoms with Gasteiger partial charge in [-0.05, 0) is 302 Å². The number of ether oxygens (including phenoxy) is 8. The first kappa shape index (κ1) is 89.9. The van der Waals surface area contributed by atoms with Gasteiger partial charge in [0.1, 0.15) is 45.4 Å². The van der Waals surface area contributed by atoms with Crippen molar-refractivity contribution in [3.8, 4) is 23.0 Å². The summed E-state index contributed by atoms with van der Waals surface area (Å²) in [6.45, 7) is 23.0. The number of carbonyl (C=O) groups excluding carboxylic acids is 4. The van der Waals surface area contributed by atoms with E-state index in [2.05, 4.69) is 255 Å². The molecule has 14 rings (SSSR count). The van der Waals surface area contributed by atoms with Crippen LogP contribution in [0.3, 0.4) is 0 Å². The maximum absolute atomic E-state index is 12.4. The molecule has 16 heteroatoms. The van der Waals surface area contributed by atoms with E-state index < -0.39 is 11.2 Å². The van der Waals surface area contributed by atoms with Crippen LogP contribution in [0.15, 0.2) is 374 Å². The van der Waals surface area contributed by atoms with E-state index in [4.69, 9.17) is 37.9 Å². The van der Waals surface area contributed by atoms with Gasteiger partial charge in [-0.1, -0.05) is 146 Å². The standard InChI is InChI=1S/C28H31O3S.C26H27O3S.C26H29O3S.C24H25O3S/c1-21-18-25(32(23-12-6-4-7-13-23)24-14-8-5-9-15-24)19-22(2)27(21)30-20-26(29)31-28(3)16-10-11-17-28;1-26(18-8-9-19-26)29-25(27)20-28-21-14-16-24(17-15-21)30(22-10-4-2-5-11-22)23-12-6-3-7-13-23;1-19-16-23(17-20(2)25(19)28-18-24(27)29-26(3,4)5)30(21-12-8-6-9-13-21)22-14-10-7-11-15-22;1-24(2,3)27-23(25)18-26-19-14-16-22(17-15-19)28(20-10-6-4-7-11-20)21-12-8-5-9-13-21/h4-9,12-15,18-19H,10-11,16-17,20H2,1-3H3;2-7,10-17H,8-9,18-20H2,1H3;6-17H,18H2,1-5H3;4-17H,18H2,1-3H3/q4*+1. The van der Waals surface area contributed by atoms with Gasteiger partial charge in [-0.3, -0.25) is 0 Å². The van der Waals surface area contributed by atoms with E-state index >= 15 is 0 Å². The Morgan fingerprint density at radius 1 is 0.267 bits per heavy atom. The highest BCUT2D eigenvalue weighted by molar-refractivity contribution is 7.98. The molecule has 2 fully saturated rings. The summed E-state index contributed by atoms with van der Waals surface area (Å²) in [7, 11) is -0.817. The minimum absolute atomic E-state index is 0.0559. The molecule has 2 aliphatic rings. The zero-order valence-electron chi connectivity index (χ0n) is 71.0. The minimum atomic E-state index is -0.520. The Labute approximate surface area is 722 Å². The Hall–Kier alpha value is -10.9. The van der Waals surface area contributed by atoms with Crippen LogP contribution in [0.4, 0.5) is 0 Å². The lowest BCUT2D eigenvalue weighted by Crippen LogP contribution is -2.30. The highest BCUT2D eigenvalue weighted by Gasteiger charge is 2.37. The molecule has 0 heterocycles. The van der Waals surface area contributed by atoms with Crippen molar-refractivity contribution in [1.82, 2.24) is 0 Å². The summed E-state index contributed by atoms with van der Waals surface area (Å²) in [6.07, 6.45) is 8.24. The molecule has 0 amide bonds. The Morgan fingerprint density at radius 2 is 0.458 bits per heavy atom. The second kappa shape index (κ2) is 43.4. The number of benzene rings is 12. The third kappa shape index (κ3) is 27.1. The second-order valence-electron chi connectivity index (χ2n) is 32.0. The average Bonchev–Trinajstić information content (AvgIpc) is 0.892. The van der Waals surface area contributed by atoms with Gasteiger partial charge in [0.2, 0.25) is 0 Å². The predicted molar refractivity (Wildman–Crippen MR) is 485 cm³/mol. The van der Waals surface area contributed by atoms with Crippen molar-refractivity contribution < 1.29 is 57.1 Å². The van der Waals surface area contributed by atoms with Crippen LogP contribution in [-0.2, 0) is 81.7 Å². The lowest BCUT2D eigenvalue weighted by atomic mass is 10.1. The normalized spacial score (nSPS) is 13.3. The van der Waals surface area contributed by atoms with Crippen molar-refractivity contribution in [2.45, 2.75) is 216 Å². The Balaban J connectivity index is 0.000000157. The van der Waals surface area contributed by atoms with Gasteiger partial charge in [-0.25, -0.2) is 19.2 Å². The molecule has 120 heavy (non-hydrogen) atoms. The molecule has 0 N–H and O–H groups in total. The highest BCUT2D eigenvalue weighted by Crippen LogP contribution is 2.41. The first-order chi connectivity index (χ1) is 57.7. The topological polar surface area (TPSA) is 142 Å². The molecule has 0 saturated heterocycles. The molecule has 0 spiro atoms. The molecule has 0 aliphatic heterocycles. The van der Waals surface area contributed by atoms with Crippen LogP contribution in [-0.4, -0.2) is 72.7 Å². The van der Waals surface area contributed by atoms with E-state index in [-0.39, 0.29) is 105 Å². The summed E-state index contributed by atoms with van der Waals surface area (Å²) in [6, 6.07) is 109. The molecule has 12 aromatic carbocycles. The third-order valence-corrected chi connectivity index (χ3v) is 28.4. The van der Waals surface area contributed by atoms with Gasteiger partial charge in [-0.15, -0.1) is 0 Å². The van der Waals surface area contributed by atoms with Gasteiger partial charge in [-0.2, -0.15) is 0 Å². The smallest absolute Gasteiger partial charge is 0.344 e. The van der Waals surface area contributed by atoms with Crippen LogP contribution in [0.1, 0.15) is 129 Å². The van der Waals surface area contributed by atoms with Gasteiger partial charge in [0.25, 0.3) is 0 Å². The minimum Gasteiger partial charge on any atom is -0.482 e. The summed E-state index contributed by atoms with van der Waals surface area (Å²) in [5, 5.41) is 0. The van der Waals surface area contributed by atoms with Gasteiger partial charge < -0.3 is 37.9 Å². The van der Waals surface area contributed by atoms with E-state index in [1.807, 2.05) is 144 Å². The largest absolute Gasteiger partial charge is 0.482 e. The maximum atomic E-state index is 12.4. The Bertz CT molecular complexity index is 4990. The zero-order valence-corrected chi connectivity index (χ0v) is 74.3. The molecule has 0 bridgehead atoms. The van der Waals surface area contributed by atoms with Crippen LogP contribution in [0.25, 0.3) is 0 Å². The quantitative estimate of drug-likeness (QED) is 0.0289. The van der Waals surface area contributed by atoms with Gasteiger partial charge in [0, 0.05) is 24.3 Å². The van der Waals surface area contributed by atoms with Crippen molar-refractivity contribution in [3.05, 3.63) is 338 Å². The molecular weight excluding hydrogens is 1570 g/mol. The summed E-state index contributed by atoms with van der Waals surface area (Å²) in [5.74, 6) is 1.53. The SMILES string of the molecule is CC(C)(C)OC(=O)COc1ccc([S+](c2ccccc2)c2ccccc2)cc1.CC1(OC(=O)COc2ccc([S+](c3ccccc3)c3ccccc3)cc2)CCCC1.Cc1cc([S+](c2ccccc2)c2ccccc2)cc(C)c1OCC(=O)OC(C)(C)C.Cc1cc([S+](c2ccccc2)c2ccccc2)cc(C)c1OCC(=O)OC1(C)CCCC1. The first-order valence-electron chi connectivity index (χ1n) is 40.9. The summed E-state index contributed by atoms with van der Waals surface area (Å²) < 4.78 is 45.1. The molecular formula is C104H112O12S4+4. The van der Waals surface area contributed by atoms with E-state index in [0.29, 0.717) is 11.5 Å². The molecule has 0 radical (unpaired) electrons. The fourth-order valence-corrected chi connectivity index (χ4v) is 23.0. The van der Waals surface area contributed by atoms with Crippen LogP contribution in [0.5, 0.6) is 23.0 Å². The van der Waals surface area contributed by atoms with Crippen molar-refractivity contribution in [2.24, 2.45) is 0 Å².